The van der Waals surface area contributed by atoms with Gasteiger partial charge in [0, 0.05) is 16.7 Å². The van der Waals surface area contributed by atoms with E-state index in [1.54, 1.807) is 0 Å². The van der Waals surface area contributed by atoms with Gasteiger partial charge >= 0.3 is 12.4 Å². The summed E-state index contributed by atoms with van der Waals surface area (Å²) in [6.07, 6.45) is -0.578. The molecule has 0 saturated carbocycles. The van der Waals surface area contributed by atoms with E-state index in [2.05, 4.69) is 4.74 Å². The molecule has 0 aliphatic carbocycles. The van der Waals surface area contributed by atoms with Crippen LogP contribution in [-0.2, 0) is 4.74 Å². The minimum atomic E-state index is -5.43. The molecule has 0 bridgehead atoms. The topological polar surface area (TPSA) is 18.5 Å². The first-order valence-electron chi connectivity index (χ1n) is 15.4. The van der Waals surface area contributed by atoms with Crippen molar-refractivity contribution in [2.75, 3.05) is 6.61 Å². The van der Waals surface area contributed by atoms with Crippen LogP contribution in [0.15, 0.2) is 103 Å². The molecule has 5 aromatic carbocycles. The van der Waals surface area contributed by atoms with Crippen molar-refractivity contribution in [3.63, 3.8) is 0 Å². The van der Waals surface area contributed by atoms with Crippen LogP contribution in [0.25, 0.3) is 50.3 Å². The Bertz CT molecular complexity index is 2110. The van der Waals surface area contributed by atoms with Crippen molar-refractivity contribution in [2.24, 2.45) is 0 Å². The molecule has 0 unspecified atom stereocenters. The highest BCUT2D eigenvalue weighted by molar-refractivity contribution is 5.77. The van der Waals surface area contributed by atoms with Crippen LogP contribution in [0.4, 0.5) is 48.3 Å². The quantitative estimate of drug-likeness (QED) is 0.0582. The zero-order chi connectivity index (χ0) is 37.7. The molecule has 0 amide bonds. The zero-order valence-electron chi connectivity index (χ0n) is 26.8. The third kappa shape index (κ3) is 8.64. The minimum absolute atomic E-state index is 0.00975. The van der Waals surface area contributed by atoms with Crippen molar-refractivity contribution in [1.29, 1.82) is 0 Å². The highest BCUT2D eigenvalue weighted by Crippen LogP contribution is 2.38. The van der Waals surface area contributed by atoms with Crippen molar-refractivity contribution >= 4 is 5.83 Å². The Balaban J connectivity index is 1.34. The fourth-order valence-corrected chi connectivity index (χ4v) is 5.28. The molecule has 5 rings (SSSR count). The normalized spacial score (nSPS) is 12.3. The lowest BCUT2D eigenvalue weighted by molar-refractivity contribution is -0.276. The summed E-state index contributed by atoms with van der Waals surface area (Å²) in [5, 5.41) is 0. The molecule has 0 atom stereocenters. The van der Waals surface area contributed by atoms with Gasteiger partial charge in [0.05, 0.1) is 12.2 Å². The average molecular weight is 735 g/mol. The smallest absolute Gasteiger partial charge is 0.469 e. The Hall–Kier alpha value is -5.59. The summed E-state index contributed by atoms with van der Waals surface area (Å²) in [7, 11) is 0. The summed E-state index contributed by atoms with van der Waals surface area (Å²) < 4.78 is 163. The maximum absolute atomic E-state index is 15.3. The molecule has 0 fully saturated rings. The van der Waals surface area contributed by atoms with E-state index in [1.165, 1.54) is 42.5 Å². The number of hydrogen-bond donors (Lipinski definition) is 0. The van der Waals surface area contributed by atoms with E-state index < -0.39 is 70.0 Å². The number of allylic oxidation sites excluding steroid dienone is 2. The van der Waals surface area contributed by atoms with E-state index in [4.69, 9.17) is 4.74 Å². The molecule has 2 nitrogen and oxygen atoms in total. The van der Waals surface area contributed by atoms with Crippen molar-refractivity contribution in [1.82, 2.24) is 0 Å². The number of halogens is 11. The number of benzene rings is 5. The zero-order valence-corrected chi connectivity index (χ0v) is 26.8. The van der Waals surface area contributed by atoms with Crippen molar-refractivity contribution in [3.8, 4) is 50.3 Å². The molecule has 52 heavy (non-hydrogen) atoms. The van der Waals surface area contributed by atoms with E-state index in [1.807, 2.05) is 19.1 Å². The number of hydrogen-bond acceptors (Lipinski definition) is 2. The van der Waals surface area contributed by atoms with E-state index in [-0.39, 0.29) is 46.6 Å². The maximum Gasteiger partial charge on any atom is 0.573 e. The van der Waals surface area contributed by atoms with Gasteiger partial charge < -0.3 is 9.47 Å². The van der Waals surface area contributed by atoms with Crippen molar-refractivity contribution in [2.45, 2.75) is 26.1 Å². The molecule has 0 spiro atoms. The van der Waals surface area contributed by atoms with Crippen LogP contribution >= 0.6 is 0 Å². The van der Waals surface area contributed by atoms with Gasteiger partial charge in [0.1, 0.15) is 23.3 Å². The van der Waals surface area contributed by atoms with Gasteiger partial charge in [0.2, 0.25) is 11.6 Å². The standard InChI is InChI=1S/C39H25F11O2/c1-2-3-4-5-14-51-38(47)36(46)22-8-6-21(7-9-22)23-10-12-27(29(40)15-23)24-11-13-28(30(41)16-24)25-17-31(42)35(32(43)18-25)26-19-33(44)37(34(45)20-26)52-39(48,49)50/h2-3,6-13,15-20H,4-5,14H2,1H3/b3-2+,38-36-. The average Bonchev–Trinajstić information content (AvgIpc) is 3.08. The van der Waals surface area contributed by atoms with Gasteiger partial charge in [-0.1, -0.05) is 60.7 Å². The molecular formula is C39H25F11O2. The van der Waals surface area contributed by atoms with Crippen molar-refractivity contribution in [3.05, 3.63) is 144 Å². The third-order valence-electron chi connectivity index (χ3n) is 7.73. The number of ether oxygens (including phenoxy) is 2. The molecule has 0 radical (unpaired) electrons. The Morgan fingerprint density at radius 2 is 1.10 bits per heavy atom. The fourth-order valence-electron chi connectivity index (χ4n) is 5.28. The fraction of sp³-hybridized carbons (Fsp3) is 0.128. The molecule has 0 heterocycles. The summed E-state index contributed by atoms with van der Waals surface area (Å²) in [5.41, 5.74) is -1.71. The number of unbranched alkanes of at least 4 members (excludes halogenated alkanes) is 1. The van der Waals surface area contributed by atoms with Gasteiger partial charge in [0.15, 0.2) is 11.6 Å². The monoisotopic (exact) mass is 734 g/mol. The van der Waals surface area contributed by atoms with Gasteiger partial charge in [0.25, 0.3) is 0 Å². The van der Waals surface area contributed by atoms with E-state index >= 15 is 17.6 Å². The van der Waals surface area contributed by atoms with Gasteiger partial charge in [-0.15, -0.1) is 13.2 Å². The molecule has 0 aliphatic heterocycles. The molecule has 0 saturated heterocycles. The molecule has 0 N–H and O–H groups in total. The summed E-state index contributed by atoms with van der Waals surface area (Å²) >= 11 is 0. The van der Waals surface area contributed by atoms with Gasteiger partial charge in [-0.05, 0) is 84.0 Å². The summed E-state index contributed by atoms with van der Waals surface area (Å²) in [6, 6.07) is 13.3. The Kier molecular flexibility index (Phi) is 11.4. The second-order valence-corrected chi connectivity index (χ2v) is 11.2. The van der Waals surface area contributed by atoms with Crippen LogP contribution in [0.2, 0.25) is 0 Å². The Labute approximate surface area is 290 Å². The van der Waals surface area contributed by atoms with Crippen LogP contribution in [0.3, 0.4) is 0 Å². The molecule has 270 valence electrons. The van der Waals surface area contributed by atoms with Crippen LogP contribution < -0.4 is 4.74 Å². The molecule has 5 aromatic rings. The van der Waals surface area contributed by atoms with Crippen LogP contribution in [0.1, 0.15) is 25.3 Å². The first-order chi connectivity index (χ1) is 24.7. The van der Waals surface area contributed by atoms with E-state index in [9.17, 15) is 30.7 Å². The number of rotatable bonds is 11. The SMILES string of the molecule is C/C=C/CCCO/C(F)=C(\F)c1ccc(-c2ccc(-c3ccc(-c4cc(F)c(-c5cc(F)c(OC(F)(F)F)c(F)c5)c(F)c4)c(F)c3)c(F)c2)cc1. The molecule has 0 aliphatic rings. The minimum Gasteiger partial charge on any atom is -0.469 e. The third-order valence-corrected chi connectivity index (χ3v) is 7.73. The number of alkyl halides is 3. The first kappa shape index (κ1) is 37.7. The van der Waals surface area contributed by atoms with E-state index in [0.717, 1.165) is 18.2 Å². The largest absolute Gasteiger partial charge is 0.573 e. The van der Waals surface area contributed by atoms with Gasteiger partial charge in [-0.2, -0.15) is 8.78 Å². The lowest BCUT2D eigenvalue weighted by Gasteiger charge is -2.14. The first-order valence-corrected chi connectivity index (χ1v) is 15.4. The van der Waals surface area contributed by atoms with Crippen LogP contribution in [0.5, 0.6) is 5.75 Å². The van der Waals surface area contributed by atoms with Crippen LogP contribution in [-0.4, -0.2) is 13.0 Å². The van der Waals surface area contributed by atoms with Crippen molar-refractivity contribution < 1.29 is 57.8 Å². The lowest BCUT2D eigenvalue weighted by Crippen LogP contribution is -2.19. The van der Waals surface area contributed by atoms with Gasteiger partial charge in [-0.3, -0.25) is 0 Å². The molecule has 0 aromatic heterocycles. The highest BCUT2D eigenvalue weighted by atomic mass is 19.4. The van der Waals surface area contributed by atoms with E-state index in [0.29, 0.717) is 36.1 Å². The molecule has 13 heteroatoms. The second kappa shape index (κ2) is 15.7. The maximum atomic E-state index is 15.3. The van der Waals surface area contributed by atoms with Crippen LogP contribution in [0, 0.1) is 34.9 Å². The lowest BCUT2D eigenvalue weighted by atomic mass is 9.95. The van der Waals surface area contributed by atoms with Gasteiger partial charge in [-0.25, -0.2) is 26.3 Å². The Morgan fingerprint density at radius 1 is 0.596 bits per heavy atom. The second-order valence-electron chi connectivity index (χ2n) is 11.2. The summed E-state index contributed by atoms with van der Waals surface area (Å²) in [4.78, 5) is 0. The predicted octanol–water partition coefficient (Wildman–Crippen LogP) is 13.0. The molecular weight excluding hydrogens is 709 g/mol. The summed E-state index contributed by atoms with van der Waals surface area (Å²) in [6.45, 7) is 1.83. The summed E-state index contributed by atoms with van der Waals surface area (Å²) in [5.74, 6) is -11.4. The Morgan fingerprint density at radius 3 is 1.65 bits per heavy atom. The highest BCUT2D eigenvalue weighted by Gasteiger charge is 2.34. The predicted molar refractivity (Wildman–Crippen MR) is 174 cm³/mol.